The minimum Gasteiger partial charge on any atom is -0.310 e. The summed E-state index contributed by atoms with van der Waals surface area (Å²) in [6, 6.07) is 13.1. The lowest BCUT2D eigenvalue weighted by Gasteiger charge is -2.19. The maximum Gasteiger partial charge on any atom is 0.194 e. The van der Waals surface area contributed by atoms with Crippen molar-refractivity contribution in [2.75, 3.05) is 0 Å². The van der Waals surface area contributed by atoms with Crippen LogP contribution < -0.4 is 5.32 Å². The van der Waals surface area contributed by atoms with Gasteiger partial charge in [-0.25, -0.2) is 0 Å². The second-order valence-corrected chi connectivity index (χ2v) is 6.15. The Kier molecular flexibility index (Phi) is 4.39. The van der Waals surface area contributed by atoms with Crippen LogP contribution in [0.1, 0.15) is 64.1 Å². The van der Waals surface area contributed by atoms with Gasteiger partial charge in [0.1, 0.15) is 0 Å². The zero-order valence-corrected chi connectivity index (χ0v) is 13.6. The van der Waals surface area contributed by atoms with Crippen LogP contribution in [-0.2, 0) is 6.54 Å². The molecule has 3 nitrogen and oxygen atoms in total. The zero-order valence-electron chi connectivity index (χ0n) is 13.6. The lowest BCUT2D eigenvalue weighted by Crippen LogP contribution is -2.26. The van der Waals surface area contributed by atoms with Crippen molar-refractivity contribution in [1.82, 2.24) is 5.32 Å². The summed E-state index contributed by atoms with van der Waals surface area (Å²) in [5.41, 5.74) is 3.09. The van der Waals surface area contributed by atoms with E-state index in [4.69, 9.17) is 0 Å². The predicted molar refractivity (Wildman–Crippen MR) is 91.0 cm³/mol. The monoisotopic (exact) mass is 307 g/mol. The van der Waals surface area contributed by atoms with Gasteiger partial charge in [-0.1, -0.05) is 43.7 Å². The van der Waals surface area contributed by atoms with Gasteiger partial charge in [0.05, 0.1) is 0 Å². The van der Waals surface area contributed by atoms with E-state index in [1.54, 1.807) is 30.3 Å². The molecule has 1 N–H and O–H groups in total. The van der Waals surface area contributed by atoms with Crippen molar-refractivity contribution in [1.29, 1.82) is 0 Å². The summed E-state index contributed by atoms with van der Waals surface area (Å²) >= 11 is 0. The lowest BCUT2D eigenvalue weighted by atomic mass is 9.83. The Morgan fingerprint density at radius 2 is 1.52 bits per heavy atom. The van der Waals surface area contributed by atoms with E-state index in [1.165, 1.54) is 0 Å². The van der Waals surface area contributed by atoms with Gasteiger partial charge < -0.3 is 5.32 Å². The third-order valence-corrected chi connectivity index (χ3v) is 4.37. The smallest absolute Gasteiger partial charge is 0.194 e. The Hall–Kier alpha value is -2.26. The summed E-state index contributed by atoms with van der Waals surface area (Å²) in [7, 11) is 0. The van der Waals surface area contributed by atoms with Gasteiger partial charge in [-0.05, 0) is 31.0 Å². The van der Waals surface area contributed by atoms with Crippen LogP contribution >= 0.6 is 0 Å². The van der Waals surface area contributed by atoms with Gasteiger partial charge >= 0.3 is 0 Å². The third kappa shape index (κ3) is 2.97. The van der Waals surface area contributed by atoms with Crippen molar-refractivity contribution in [3.8, 4) is 0 Å². The van der Waals surface area contributed by atoms with Gasteiger partial charge in [0.15, 0.2) is 11.6 Å². The Morgan fingerprint density at radius 3 is 2.17 bits per heavy atom. The summed E-state index contributed by atoms with van der Waals surface area (Å²) in [6.07, 6.45) is 2.26. The maximum atomic E-state index is 12.7. The topological polar surface area (TPSA) is 46.2 Å². The van der Waals surface area contributed by atoms with Crippen molar-refractivity contribution in [2.45, 2.75) is 39.3 Å². The van der Waals surface area contributed by atoms with E-state index in [2.05, 4.69) is 19.2 Å². The van der Waals surface area contributed by atoms with Crippen molar-refractivity contribution < 1.29 is 9.59 Å². The van der Waals surface area contributed by atoms with Crippen LogP contribution in [0.3, 0.4) is 0 Å². The maximum absolute atomic E-state index is 12.7. The molecule has 0 bridgehead atoms. The fourth-order valence-electron chi connectivity index (χ4n) is 3.08. The van der Waals surface area contributed by atoms with Gasteiger partial charge in [-0.2, -0.15) is 0 Å². The molecule has 2 aromatic carbocycles. The second-order valence-electron chi connectivity index (χ2n) is 6.15. The molecule has 0 aliphatic heterocycles. The van der Waals surface area contributed by atoms with Crippen LogP contribution in [0, 0.1) is 0 Å². The number of nitrogens with one attached hydrogen (secondary N) is 1. The van der Waals surface area contributed by atoms with Crippen LogP contribution in [-0.4, -0.2) is 17.6 Å². The number of rotatable bonds is 5. The Labute approximate surface area is 136 Å². The molecule has 118 valence electrons. The van der Waals surface area contributed by atoms with Gasteiger partial charge in [0.2, 0.25) is 0 Å². The summed E-state index contributed by atoms with van der Waals surface area (Å²) in [4.78, 5) is 25.2. The first kappa shape index (κ1) is 15.6. The van der Waals surface area contributed by atoms with E-state index in [1.807, 2.05) is 12.1 Å². The van der Waals surface area contributed by atoms with E-state index >= 15 is 0 Å². The highest BCUT2D eigenvalue weighted by Crippen LogP contribution is 2.27. The molecular formula is C20H21NO2. The highest BCUT2D eigenvalue weighted by molar-refractivity contribution is 6.28. The molecule has 0 spiro atoms. The predicted octanol–water partition coefficient (Wildman–Crippen LogP) is 3.74. The molecule has 0 saturated carbocycles. The standard InChI is InChI=1S/C20H21NO2/c1-3-6-13(2)21-12-14-9-10-17-18(11-14)20(23)16-8-5-4-7-15(16)19(17)22/h4-5,7-11,13,21H,3,6,12H2,1-2H3. The molecule has 1 aliphatic rings. The molecule has 0 aromatic heterocycles. The number of fused-ring (bicyclic) bond motifs is 2. The summed E-state index contributed by atoms with van der Waals surface area (Å²) < 4.78 is 0. The zero-order chi connectivity index (χ0) is 16.4. The molecule has 1 atom stereocenters. The molecule has 1 aliphatic carbocycles. The van der Waals surface area contributed by atoms with Crippen LogP contribution in [0.4, 0.5) is 0 Å². The van der Waals surface area contributed by atoms with E-state index in [-0.39, 0.29) is 11.6 Å². The normalized spacial score (nSPS) is 14.3. The number of hydrogen-bond donors (Lipinski definition) is 1. The molecule has 23 heavy (non-hydrogen) atoms. The Bertz CT molecular complexity index is 764. The largest absolute Gasteiger partial charge is 0.310 e. The molecule has 0 radical (unpaired) electrons. The second kappa shape index (κ2) is 6.47. The summed E-state index contributed by atoms with van der Waals surface area (Å²) in [6.45, 7) is 5.03. The number of ketones is 2. The number of carbonyl (C=O) groups excluding carboxylic acids is 2. The molecule has 0 heterocycles. The number of benzene rings is 2. The molecule has 3 rings (SSSR count). The van der Waals surface area contributed by atoms with E-state index < -0.39 is 0 Å². The molecule has 1 unspecified atom stereocenters. The van der Waals surface area contributed by atoms with Crippen molar-refractivity contribution in [3.05, 3.63) is 70.3 Å². The van der Waals surface area contributed by atoms with Crippen LogP contribution in [0.5, 0.6) is 0 Å². The number of carbonyl (C=O) groups is 2. The minimum absolute atomic E-state index is 0.0568. The quantitative estimate of drug-likeness (QED) is 0.781. The third-order valence-electron chi connectivity index (χ3n) is 4.37. The lowest BCUT2D eigenvalue weighted by molar-refractivity contribution is 0.0979. The Morgan fingerprint density at radius 1 is 0.913 bits per heavy atom. The first-order valence-electron chi connectivity index (χ1n) is 8.16. The minimum atomic E-state index is -0.0611. The van der Waals surface area contributed by atoms with Crippen molar-refractivity contribution in [3.63, 3.8) is 0 Å². The van der Waals surface area contributed by atoms with E-state index in [0.29, 0.717) is 34.8 Å². The molecule has 0 fully saturated rings. The van der Waals surface area contributed by atoms with E-state index in [0.717, 1.165) is 18.4 Å². The van der Waals surface area contributed by atoms with Crippen LogP contribution in [0.25, 0.3) is 0 Å². The SMILES string of the molecule is CCCC(C)NCc1ccc2c(c1)C(=O)c1ccccc1C2=O. The highest BCUT2D eigenvalue weighted by atomic mass is 16.1. The summed E-state index contributed by atoms with van der Waals surface area (Å²) in [5.74, 6) is -0.118. The average Bonchev–Trinajstić information content (AvgIpc) is 2.58. The molecule has 2 aromatic rings. The first-order chi connectivity index (χ1) is 11.1. The van der Waals surface area contributed by atoms with Crippen LogP contribution in [0.2, 0.25) is 0 Å². The van der Waals surface area contributed by atoms with Crippen LogP contribution in [0.15, 0.2) is 42.5 Å². The molecule has 0 amide bonds. The fraction of sp³-hybridized carbons (Fsp3) is 0.300. The van der Waals surface area contributed by atoms with Gasteiger partial charge in [-0.15, -0.1) is 0 Å². The summed E-state index contributed by atoms with van der Waals surface area (Å²) in [5, 5.41) is 3.46. The number of hydrogen-bond acceptors (Lipinski definition) is 3. The molecular weight excluding hydrogens is 286 g/mol. The first-order valence-corrected chi connectivity index (χ1v) is 8.16. The molecule has 0 saturated heterocycles. The molecule has 3 heteroatoms. The van der Waals surface area contributed by atoms with Gasteiger partial charge in [0, 0.05) is 34.8 Å². The van der Waals surface area contributed by atoms with Crippen molar-refractivity contribution >= 4 is 11.6 Å². The average molecular weight is 307 g/mol. The van der Waals surface area contributed by atoms with Gasteiger partial charge in [0.25, 0.3) is 0 Å². The van der Waals surface area contributed by atoms with Gasteiger partial charge in [-0.3, -0.25) is 9.59 Å². The van der Waals surface area contributed by atoms with E-state index in [9.17, 15) is 9.59 Å². The highest BCUT2D eigenvalue weighted by Gasteiger charge is 2.29. The Balaban J connectivity index is 1.88. The van der Waals surface area contributed by atoms with Crippen molar-refractivity contribution in [2.24, 2.45) is 0 Å². The fourth-order valence-corrected chi connectivity index (χ4v) is 3.08.